The van der Waals surface area contributed by atoms with E-state index in [1.807, 2.05) is 12.1 Å². The van der Waals surface area contributed by atoms with Crippen LogP contribution in [0.4, 0.5) is 5.69 Å². The lowest BCUT2D eigenvalue weighted by atomic mass is 10.1. The Balaban J connectivity index is 1.93. The third-order valence-corrected chi connectivity index (χ3v) is 6.47. The van der Waals surface area contributed by atoms with E-state index in [0.717, 1.165) is 42.5 Å². The molecule has 0 saturated carbocycles. The predicted octanol–water partition coefficient (Wildman–Crippen LogP) is 4.36. The van der Waals surface area contributed by atoms with E-state index in [4.69, 9.17) is 9.47 Å². The van der Waals surface area contributed by atoms with Gasteiger partial charge < -0.3 is 14.4 Å². The smallest absolute Gasteiger partial charge is 0.163 e. The molecule has 0 aliphatic carbocycles. The van der Waals surface area contributed by atoms with Crippen LogP contribution in [0.3, 0.4) is 0 Å². The number of fused-ring (bicyclic) bond motifs is 2. The minimum Gasteiger partial charge on any atom is -0.486 e. The molecule has 0 bridgehead atoms. The van der Waals surface area contributed by atoms with E-state index in [1.54, 1.807) is 24.4 Å². The van der Waals surface area contributed by atoms with E-state index in [2.05, 4.69) is 23.0 Å². The fraction of sp³-hybridized carbons (Fsp3) is 0.318. The normalized spacial score (nSPS) is 18.0. The highest BCUT2D eigenvalue weighted by Crippen LogP contribution is 2.41. The summed E-state index contributed by atoms with van der Waals surface area (Å²) in [7, 11) is -1.40. The first-order chi connectivity index (χ1) is 13.7. The molecule has 0 amide bonds. The summed E-state index contributed by atoms with van der Waals surface area (Å²) in [6.45, 7) is 10.5. The summed E-state index contributed by atoms with van der Waals surface area (Å²) < 4.78 is 24.9. The van der Waals surface area contributed by atoms with Gasteiger partial charge in [-0.1, -0.05) is 25.3 Å². The Morgan fingerprint density at radius 1 is 1.11 bits per heavy atom. The Kier molecular flexibility index (Phi) is 5.48. The van der Waals surface area contributed by atoms with Crippen LogP contribution in [-0.2, 0) is 10.8 Å². The molecule has 2 aliphatic heterocycles. The van der Waals surface area contributed by atoms with Gasteiger partial charge >= 0.3 is 0 Å². The predicted molar refractivity (Wildman–Crippen MR) is 114 cm³/mol. The van der Waals surface area contributed by atoms with Gasteiger partial charge in [-0.3, -0.25) is 4.98 Å². The second-order valence-corrected chi connectivity index (χ2v) is 8.26. The summed E-state index contributed by atoms with van der Waals surface area (Å²) in [5, 5.41) is 0.944. The van der Waals surface area contributed by atoms with Crippen molar-refractivity contribution in [2.45, 2.75) is 24.2 Å². The van der Waals surface area contributed by atoms with Crippen LogP contribution >= 0.6 is 0 Å². The monoisotopic (exact) mass is 396 g/mol. The topological polar surface area (TPSA) is 51.7 Å². The van der Waals surface area contributed by atoms with Gasteiger partial charge in [-0.15, -0.1) is 0 Å². The fourth-order valence-corrected chi connectivity index (χ4v) is 4.91. The molecular weight excluding hydrogens is 372 g/mol. The van der Waals surface area contributed by atoms with Gasteiger partial charge in [-0.25, -0.2) is 4.21 Å². The maximum atomic E-state index is 13.4. The molecule has 1 unspecified atom stereocenters. The minimum atomic E-state index is -1.40. The molecule has 0 N–H and O–H groups in total. The molecule has 4 rings (SSSR count). The van der Waals surface area contributed by atoms with Crippen molar-refractivity contribution in [1.29, 1.82) is 0 Å². The molecule has 1 aromatic heterocycles. The summed E-state index contributed by atoms with van der Waals surface area (Å²) in [5.41, 5.74) is 1.79. The van der Waals surface area contributed by atoms with Crippen LogP contribution in [0.2, 0.25) is 0 Å². The molecule has 5 nitrogen and oxygen atoms in total. The van der Waals surface area contributed by atoms with Gasteiger partial charge in [0.15, 0.2) is 11.5 Å². The molecule has 2 aliphatic rings. The van der Waals surface area contributed by atoms with Crippen molar-refractivity contribution < 1.29 is 13.7 Å². The summed E-state index contributed by atoms with van der Waals surface area (Å²) in [6.07, 6.45) is 10.2. The molecule has 28 heavy (non-hydrogen) atoms. The van der Waals surface area contributed by atoms with E-state index < -0.39 is 10.8 Å². The Hall–Kier alpha value is -2.60. The van der Waals surface area contributed by atoms with Gasteiger partial charge in [0, 0.05) is 35.6 Å². The number of hydrogen-bond acceptors (Lipinski definition) is 5. The average molecular weight is 397 g/mol. The molecule has 6 heteroatoms. The molecule has 0 radical (unpaired) electrons. The summed E-state index contributed by atoms with van der Waals surface area (Å²) in [5.74, 6) is 1.43. The molecule has 3 heterocycles. The number of nitrogens with zero attached hydrogens (tertiary/aromatic N) is 2. The van der Waals surface area contributed by atoms with Crippen LogP contribution in [0.15, 0.2) is 59.5 Å². The number of aromatic nitrogens is 1. The molecule has 0 spiro atoms. The number of piperidine rings is 1. The van der Waals surface area contributed by atoms with E-state index >= 15 is 0 Å². The van der Waals surface area contributed by atoms with Crippen LogP contribution in [0.1, 0.15) is 19.3 Å². The third-order valence-electron chi connectivity index (χ3n) is 5.04. The van der Waals surface area contributed by atoms with Crippen molar-refractivity contribution in [3.05, 3.63) is 54.6 Å². The zero-order valence-corrected chi connectivity index (χ0v) is 16.7. The van der Waals surface area contributed by atoms with Gasteiger partial charge in [0.2, 0.25) is 0 Å². The largest absolute Gasteiger partial charge is 0.486 e. The first-order valence-corrected chi connectivity index (χ1v) is 10.7. The van der Waals surface area contributed by atoms with Gasteiger partial charge in [0.1, 0.15) is 13.2 Å². The Bertz CT molecular complexity index is 977. The van der Waals surface area contributed by atoms with E-state index in [9.17, 15) is 4.21 Å². The highest BCUT2D eigenvalue weighted by Gasteiger charge is 2.24. The molecule has 1 atom stereocenters. The van der Waals surface area contributed by atoms with Crippen molar-refractivity contribution in [3.63, 3.8) is 0 Å². The zero-order chi connectivity index (χ0) is 19.5. The second kappa shape index (κ2) is 8.19. The third kappa shape index (κ3) is 3.44. The maximum absolute atomic E-state index is 13.4. The van der Waals surface area contributed by atoms with Crippen molar-refractivity contribution in [2.75, 3.05) is 31.2 Å². The summed E-state index contributed by atoms with van der Waals surface area (Å²) in [4.78, 5) is 8.24. The van der Waals surface area contributed by atoms with E-state index in [-0.39, 0.29) is 0 Å². The van der Waals surface area contributed by atoms with Crippen molar-refractivity contribution >= 4 is 27.4 Å². The number of pyridine rings is 1. The van der Waals surface area contributed by atoms with Crippen molar-refractivity contribution in [1.82, 2.24) is 4.98 Å². The highest BCUT2D eigenvalue weighted by atomic mass is 32.2. The van der Waals surface area contributed by atoms with Crippen LogP contribution in [0.5, 0.6) is 11.5 Å². The lowest BCUT2D eigenvalue weighted by Crippen LogP contribution is -2.30. The zero-order valence-electron chi connectivity index (χ0n) is 15.9. The van der Waals surface area contributed by atoms with Gasteiger partial charge in [0.25, 0.3) is 0 Å². The molecular formula is C22H24N2O3S. The average Bonchev–Trinajstić information content (AvgIpc) is 2.75. The standard InChI is InChI=1S/C22H24N2O3S/c1-3-8-16(4-2)28(25)21-15-23-18-14-20-19(26-11-12-27-20)13-17(18)22(21)24-9-6-5-7-10-24/h3-4,8,13-15H,1-2,5-7,9-12H2/b16-8+. The highest BCUT2D eigenvalue weighted by molar-refractivity contribution is 7.89. The SMILES string of the molecule is C=C/C=C(\C=C)S(=O)c1cnc2cc3c(cc2c1N1CCCCC1)OCCO3. The minimum absolute atomic E-state index is 0.527. The lowest BCUT2D eigenvalue weighted by molar-refractivity contribution is 0.172. The number of anilines is 1. The Morgan fingerprint density at radius 3 is 2.50 bits per heavy atom. The summed E-state index contributed by atoms with van der Waals surface area (Å²) in [6, 6.07) is 3.89. The number of allylic oxidation sites excluding steroid dienone is 3. The van der Waals surface area contributed by atoms with E-state index in [1.165, 1.54) is 6.42 Å². The number of rotatable bonds is 5. The van der Waals surface area contributed by atoms with Crippen LogP contribution in [0.25, 0.3) is 10.9 Å². The fourth-order valence-electron chi connectivity index (χ4n) is 3.72. The molecule has 2 aromatic rings. The Labute approximate surface area is 167 Å². The van der Waals surface area contributed by atoms with Gasteiger partial charge in [-0.05, 0) is 31.4 Å². The van der Waals surface area contributed by atoms with Gasteiger partial charge in [0.05, 0.1) is 26.9 Å². The number of benzene rings is 1. The maximum Gasteiger partial charge on any atom is 0.163 e. The first-order valence-electron chi connectivity index (χ1n) is 9.57. The molecule has 1 aromatic carbocycles. The van der Waals surface area contributed by atoms with Crippen LogP contribution in [-0.4, -0.2) is 35.5 Å². The number of ether oxygens (including phenoxy) is 2. The first kappa shape index (κ1) is 18.7. The molecule has 1 saturated heterocycles. The molecule has 1 fully saturated rings. The van der Waals surface area contributed by atoms with Crippen LogP contribution < -0.4 is 14.4 Å². The van der Waals surface area contributed by atoms with Gasteiger partial charge in [-0.2, -0.15) is 0 Å². The lowest BCUT2D eigenvalue weighted by Gasteiger charge is -2.31. The molecule has 146 valence electrons. The number of hydrogen-bond donors (Lipinski definition) is 0. The summed E-state index contributed by atoms with van der Waals surface area (Å²) >= 11 is 0. The van der Waals surface area contributed by atoms with Crippen LogP contribution in [0, 0.1) is 0 Å². The second-order valence-electron chi connectivity index (χ2n) is 6.81. The van der Waals surface area contributed by atoms with Crippen molar-refractivity contribution in [2.24, 2.45) is 0 Å². The van der Waals surface area contributed by atoms with E-state index in [0.29, 0.717) is 34.5 Å². The quantitative estimate of drug-likeness (QED) is 0.703. The Morgan fingerprint density at radius 2 is 1.82 bits per heavy atom. The van der Waals surface area contributed by atoms with Crippen molar-refractivity contribution in [3.8, 4) is 11.5 Å².